The van der Waals surface area contributed by atoms with Crippen LogP contribution in [-0.4, -0.2) is 34.1 Å². The zero-order chi connectivity index (χ0) is 21.3. The predicted molar refractivity (Wildman–Crippen MR) is 113 cm³/mol. The number of aromatic carboxylic acids is 1. The molecule has 0 aliphatic rings. The number of aromatic nitrogens is 2. The third kappa shape index (κ3) is 3.35. The number of ether oxygens (including phenoxy) is 1. The van der Waals surface area contributed by atoms with E-state index in [0.717, 1.165) is 5.56 Å². The number of hydrogen-bond donors (Lipinski definition) is 3. The molecule has 8 heteroatoms. The molecule has 0 saturated carbocycles. The Hall–Kier alpha value is -4.20. The summed E-state index contributed by atoms with van der Waals surface area (Å²) in [6, 6.07) is 15.4. The van der Waals surface area contributed by atoms with Crippen LogP contribution >= 0.6 is 0 Å². The number of para-hydroxylation sites is 2. The third-order valence-electron chi connectivity index (χ3n) is 4.78. The molecular weight excluding hydrogens is 384 g/mol. The molecular formula is C22H18N4O4. The van der Waals surface area contributed by atoms with E-state index in [1.165, 1.54) is 13.2 Å². The summed E-state index contributed by atoms with van der Waals surface area (Å²) in [6.45, 7) is 0.351. The second-order valence-corrected chi connectivity index (χ2v) is 6.59. The van der Waals surface area contributed by atoms with Crippen LogP contribution in [0.3, 0.4) is 0 Å². The number of nitrogens with two attached hydrogens (primary N) is 1. The van der Waals surface area contributed by atoms with Crippen molar-refractivity contribution in [3.05, 3.63) is 71.3 Å². The average molecular weight is 402 g/mol. The van der Waals surface area contributed by atoms with E-state index < -0.39 is 11.9 Å². The lowest BCUT2D eigenvalue weighted by Gasteiger charge is -2.13. The number of amides is 1. The number of carbonyl (C=O) groups excluding carboxylic acids is 1. The van der Waals surface area contributed by atoms with Crippen molar-refractivity contribution < 1.29 is 19.4 Å². The number of nitrogens with one attached hydrogen (secondary N) is 1. The van der Waals surface area contributed by atoms with Crippen LogP contribution in [0.4, 0.5) is 5.69 Å². The summed E-state index contributed by atoms with van der Waals surface area (Å²) in [5.41, 5.74) is 9.11. The predicted octanol–water partition coefficient (Wildman–Crippen LogP) is 3.20. The van der Waals surface area contributed by atoms with Crippen molar-refractivity contribution in [2.24, 2.45) is 5.73 Å². The molecule has 0 bridgehead atoms. The van der Waals surface area contributed by atoms with E-state index in [2.05, 4.69) is 15.3 Å². The summed E-state index contributed by atoms with van der Waals surface area (Å²) < 4.78 is 5.41. The van der Waals surface area contributed by atoms with Gasteiger partial charge in [0.05, 0.1) is 29.3 Å². The molecule has 30 heavy (non-hydrogen) atoms. The lowest BCUT2D eigenvalue weighted by Crippen LogP contribution is -2.14. The van der Waals surface area contributed by atoms with Crippen LogP contribution in [0.1, 0.15) is 26.3 Å². The van der Waals surface area contributed by atoms with Gasteiger partial charge in [-0.25, -0.2) is 14.8 Å². The van der Waals surface area contributed by atoms with Crippen LogP contribution in [0.25, 0.3) is 22.1 Å². The van der Waals surface area contributed by atoms with Gasteiger partial charge < -0.3 is 20.9 Å². The molecule has 4 rings (SSSR count). The van der Waals surface area contributed by atoms with E-state index in [4.69, 9.17) is 10.5 Å². The van der Waals surface area contributed by atoms with Crippen LogP contribution in [0.2, 0.25) is 0 Å². The van der Waals surface area contributed by atoms with Crippen molar-refractivity contribution >= 4 is 39.6 Å². The highest BCUT2D eigenvalue weighted by Crippen LogP contribution is 2.29. The first-order valence-corrected chi connectivity index (χ1v) is 9.12. The minimum Gasteiger partial charge on any atom is -0.494 e. The van der Waals surface area contributed by atoms with E-state index in [0.29, 0.717) is 45.6 Å². The fourth-order valence-corrected chi connectivity index (χ4v) is 3.33. The number of anilines is 1. The first-order chi connectivity index (χ1) is 14.5. The monoisotopic (exact) mass is 402 g/mol. The largest absolute Gasteiger partial charge is 0.494 e. The molecule has 0 aliphatic carbocycles. The number of carboxylic acid groups (broad SMARTS) is 1. The van der Waals surface area contributed by atoms with Gasteiger partial charge in [-0.2, -0.15) is 0 Å². The summed E-state index contributed by atoms with van der Waals surface area (Å²) >= 11 is 0. The first kappa shape index (κ1) is 19.1. The van der Waals surface area contributed by atoms with Gasteiger partial charge in [0.1, 0.15) is 16.8 Å². The zero-order valence-electron chi connectivity index (χ0n) is 16.0. The molecule has 0 aliphatic heterocycles. The molecule has 3 aromatic carbocycles. The number of carbonyl (C=O) groups is 2. The minimum absolute atomic E-state index is 0.0721. The van der Waals surface area contributed by atoms with E-state index in [1.54, 1.807) is 36.4 Å². The van der Waals surface area contributed by atoms with Crippen molar-refractivity contribution in [2.75, 3.05) is 12.4 Å². The number of primary amides is 1. The molecule has 0 radical (unpaired) electrons. The number of methoxy groups -OCH3 is 1. The maximum Gasteiger partial charge on any atom is 0.337 e. The molecule has 0 unspecified atom stereocenters. The highest BCUT2D eigenvalue weighted by molar-refractivity contribution is 6.03. The maximum atomic E-state index is 11.7. The lowest BCUT2D eigenvalue weighted by atomic mass is 10.1. The Kier molecular flexibility index (Phi) is 4.89. The third-order valence-corrected chi connectivity index (χ3v) is 4.78. The van der Waals surface area contributed by atoms with Crippen LogP contribution in [-0.2, 0) is 6.54 Å². The average Bonchev–Trinajstić information content (AvgIpc) is 2.75. The minimum atomic E-state index is -1.07. The lowest BCUT2D eigenvalue weighted by molar-refractivity contribution is 0.0698. The van der Waals surface area contributed by atoms with Crippen molar-refractivity contribution in [1.82, 2.24) is 9.97 Å². The number of hydrogen-bond acceptors (Lipinski definition) is 6. The normalized spacial score (nSPS) is 10.8. The Labute approximate surface area is 171 Å². The summed E-state index contributed by atoms with van der Waals surface area (Å²) in [5, 5.41) is 12.7. The quantitative estimate of drug-likeness (QED) is 0.423. The molecule has 4 aromatic rings. The SMILES string of the molecule is COc1ccc(CNc2ccccc2C(N)=O)c2nc3cccc(C(=O)O)c3nc12. The highest BCUT2D eigenvalue weighted by Gasteiger charge is 2.16. The molecule has 0 spiro atoms. The molecule has 0 saturated heterocycles. The van der Waals surface area contributed by atoms with Gasteiger partial charge in [-0.3, -0.25) is 4.79 Å². The Morgan fingerprint density at radius 3 is 2.47 bits per heavy atom. The smallest absolute Gasteiger partial charge is 0.337 e. The van der Waals surface area contributed by atoms with Gasteiger partial charge in [0.25, 0.3) is 5.91 Å². The van der Waals surface area contributed by atoms with Gasteiger partial charge in [0, 0.05) is 12.2 Å². The van der Waals surface area contributed by atoms with Crippen molar-refractivity contribution in [2.45, 2.75) is 6.54 Å². The number of nitrogens with zero attached hydrogens (tertiary/aromatic N) is 2. The standard InChI is InChI=1S/C22H18N4O4/c1-30-17-10-9-12(11-24-15-7-3-2-5-13(15)21(23)27)18-20(17)26-19-14(22(28)29)6-4-8-16(19)25-18/h2-10,24H,11H2,1H3,(H2,23,27)(H,28,29). The summed E-state index contributed by atoms with van der Waals surface area (Å²) in [7, 11) is 1.52. The molecule has 0 atom stereocenters. The number of carboxylic acids is 1. The van der Waals surface area contributed by atoms with Gasteiger partial charge in [0.2, 0.25) is 0 Å². The van der Waals surface area contributed by atoms with E-state index in [-0.39, 0.29) is 5.56 Å². The van der Waals surface area contributed by atoms with Gasteiger partial charge >= 0.3 is 5.97 Å². The molecule has 1 heterocycles. The molecule has 0 fully saturated rings. The van der Waals surface area contributed by atoms with Crippen LogP contribution in [0.5, 0.6) is 5.75 Å². The summed E-state index contributed by atoms with van der Waals surface area (Å²) in [5.74, 6) is -1.11. The topological polar surface area (TPSA) is 127 Å². The van der Waals surface area contributed by atoms with Gasteiger partial charge in [-0.1, -0.05) is 24.3 Å². The van der Waals surface area contributed by atoms with Gasteiger partial charge in [-0.15, -0.1) is 0 Å². The Morgan fingerprint density at radius 2 is 1.73 bits per heavy atom. The zero-order valence-corrected chi connectivity index (χ0v) is 16.0. The molecule has 150 valence electrons. The molecule has 4 N–H and O–H groups in total. The van der Waals surface area contributed by atoms with Crippen LogP contribution < -0.4 is 15.8 Å². The molecule has 8 nitrogen and oxygen atoms in total. The number of fused-ring (bicyclic) bond motifs is 2. The van der Waals surface area contributed by atoms with Crippen LogP contribution in [0.15, 0.2) is 54.6 Å². The fraction of sp³-hybridized carbons (Fsp3) is 0.0909. The number of rotatable bonds is 6. The van der Waals surface area contributed by atoms with Crippen molar-refractivity contribution in [3.63, 3.8) is 0 Å². The van der Waals surface area contributed by atoms with Gasteiger partial charge in [-0.05, 0) is 35.9 Å². The Morgan fingerprint density at radius 1 is 0.967 bits per heavy atom. The van der Waals surface area contributed by atoms with E-state index in [1.807, 2.05) is 12.1 Å². The number of benzene rings is 3. The second kappa shape index (κ2) is 7.67. The Balaban J connectivity index is 1.83. The van der Waals surface area contributed by atoms with E-state index in [9.17, 15) is 14.7 Å². The van der Waals surface area contributed by atoms with Crippen LogP contribution in [0, 0.1) is 0 Å². The maximum absolute atomic E-state index is 11.7. The summed E-state index contributed by atoms with van der Waals surface area (Å²) in [4.78, 5) is 32.5. The van der Waals surface area contributed by atoms with Gasteiger partial charge in [0.15, 0.2) is 0 Å². The first-order valence-electron chi connectivity index (χ1n) is 9.12. The van der Waals surface area contributed by atoms with Crippen molar-refractivity contribution in [1.29, 1.82) is 0 Å². The van der Waals surface area contributed by atoms with E-state index >= 15 is 0 Å². The molecule has 1 amide bonds. The Bertz CT molecular complexity index is 1300. The second-order valence-electron chi connectivity index (χ2n) is 6.59. The van der Waals surface area contributed by atoms with Crippen molar-refractivity contribution in [3.8, 4) is 5.75 Å². The highest BCUT2D eigenvalue weighted by atomic mass is 16.5. The molecule has 1 aromatic heterocycles. The fourth-order valence-electron chi connectivity index (χ4n) is 3.33. The summed E-state index contributed by atoms with van der Waals surface area (Å²) in [6.07, 6.45) is 0.